The van der Waals surface area contributed by atoms with Crippen LogP contribution in [0.15, 0.2) is 12.1 Å². The van der Waals surface area contributed by atoms with Gasteiger partial charge in [-0.1, -0.05) is 0 Å². The molecule has 3 N–H and O–H groups in total. The Labute approximate surface area is 83.7 Å². The van der Waals surface area contributed by atoms with Gasteiger partial charge in [-0.2, -0.15) is 0 Å². The summed E-state index contributed by atoms with van der Waals surface area (Å²) in [5.74, 6) is -0.933. The molecule has 3 nitrogen and oxygen atoms in total. The average Bonchev–Trinajstić information content (AvgIpc) is 1.96. The molecule has 0 spiro atoms. The molecule has 0 saturated carbocycles. The molecule has 12 heavy (non-hydrogen) atoms. The lowest BCUT2D eigenvalue weighted by atomic mass is 10.1. The number of carbonyl (C=O) groups is 1. The maximum absolute atomic E-state index is 10.7. The molecule has 0 aliphatic rings. The fraction of sp³-hybridized carbons (Fsp3) is 0.125. The molecule has 0 unspecified atom stereocenters. The van der Waals surface area contributed by atoms with E-state index in [9.17, 15) is 4.79 Å². The van der Waals surface area contributed by atoms with Gasteiger partial charge in [0.2, 0.25) is 0 Å². The Kier molecular flexibility index (Phi) is 2.56. The van der Waals surface area contributed by atoms with Gasteiger partial charge in [-0.05, 0) is 47.2 Å². The zero-order valence-corrected chi connectivity index (χ0v) is 8.62. The number of carboxylic acids is 1. The van der Waals surface area contributed by atoms with Crippen molar-refractivity contribution in [3.05, 3.63) is 26.8 Å². The lowest BCUT2D eigenvalue weighted by Crippen LogP contribution is -2.02. The number of aromatic carboxylic acids is 1. The summed E-state index contributed by atoms with van der Waals surface area (Å²) in [4.78, 5) is 10.7. The van der Waals surface area contributed by atoms with Gasteiger partial charge in [-0.15, -0.1) is 0 Å². The lowest BCUT2D eigenvalue weighted by Gasteiger charge is -2.04. The van der Waals surface area contributed by atoms with Crippen molar-refractivity contribution in [1.82, 2.24) is 0 Å². The molecule has 0 saturated heterocycles. The number of hydrogen-bond donors (Lipinski definition) is 2. The SMILES string of the molecule is Cc1c(I)cc(N)cc1C(=O)O. The van der Waals surface area contributed by atoms with E-state index >= 15 is 0 Å². The van der Waals surface area contributed by atoms with Gasteiger partial charge in [0.1, 0.15) is 0 Å². The second-order valence-corrected chi connectivity index (χ2v) is 3.64. The Bertz CT molecular complexity index is 336. The van der Waals surface area contributed by atoms with Gasteiger partial charge in [0, 0.05) is 9.26 Å². The summed E-state index contributed by atoms with van der Waals surface area (Å²) in [7, 11) is 0. The molecule has 0 aromatic heterocycles. The first-order valence-corrected chi connectivity index (χ1v) is 4.39. The number of rotatable bonds is 1. The van der Waals surface area contributed by atoms with E-state index < -0.39 is 5.97 Å². The van der Waals surface area contributed by atoms with Gasteiger partial charge < -0.3 is 10.8 Å². The monoisotopic (exact) mass is 277 g/mol. The molecule has 0 amide bonds. The molecule has 0 fully saturated rings. The van der Waals surface area contributed by atoms with Crippen molar-refractivity contribution in [1.29, 1.82) is 0 Å². The van der Waals surface area contributed by atoms with E-state index in [-0.39, 0.29) is 5.56 Å². The molecule has 1 aromatic rings. The lowest BCUT2D eigenvalue weighted by molar-refractivity contribution is 0.0696. The molecular formula is C8H8INO2. The third-order valence-corrected chi connectivity index (χ3v) is 2.72. The maximum Gasteiger partial charge on any atom is 0.336 e. The molecule has 4 heteroatoms. The summed E-state index contributed by atoms with van der Waals surface area (Å²) < 4.78 is 0.880. The predicted octanol–water partition coefficient (Wildman–Crippen LogP) is 1.88. The van der Waals surface area contributed by atoms with Crippen LogP contribution in [0.5, 0.6) is 0 Å². The third kappa shape index (κ3) is 1.69. The highest BCUT2D eigenvalue weighted by atomic mass is 127. The molecule has 0 radical (unpaired) electrons. The van der Waals surface area contributed by atoms with Gasteiger partial charge in [0.15, 0.2) is 0 Å². The highest BCUT2D eigenvalue weighted by Gasteiger charge is 2.09. The fourth-order valence-electron chi connectivity index (χ4n) is 0.922. The van der Waals surface area contributed by atoms with E-state index in [1.807, 2.05) is 0 Å². The molecular weight excluding hydrogens is 269 g/mol. The van der Waals surface area contributed by atoms with Crippen LogP contribution in [0.4, 0.5) is 5.69 Å². The van der Waals surface area contributed by atoms with E-state index in [2.05, 4.69) is 22.6 Å². The largest absolute Gasteiger partial charge is 0.478 e. The molecule has 0 aliphatic carbocycles. The van der Waals surface area contributed by atoms with Crippen molar-refractivity contribution in [3.8, 4) is 0 Å². The predicted molar refractivity (Wildman–Crippen MR) is 55.3 cm³/mol. The van der Waals surface area contributed by atoms with Gasteiger partial charge >= 0.3 is 5.97 Å². The number of halogens is 1. The van der Waals surface area contributed by atoms with E-state index in [4.69, 9.17) is 10.8 Å². The first-order chi connectivity index (χ1) is 5.52. The Morgan fingerprint density at radius 3 is 2.67 bits per heavy atom. The molecule has 0 heterocycles. The van der Waals surface area contributed by atoms with E-state index in [0.717, 1.165) is 9.13 Å². The van der Waals surface area contributed by atoms with Crippen LogP contribution in [0.25, 0.3) is 0 Å². The summed E-state index contributed by atoms with van der Waals surface area (Å²) in [6, 6.07) is 3.22. The van der Waals surface area contributed by atoms with E-state index in [0.29, 0.717) is 5.69 Å². The van der Waals surface area contributed by atoms with Crippen LogP contribution in [0.2, 0.25) is 0 Å². The summed E-state index contributed by atoms with van der Waals surface area (Å²) in [6.07, 6.45) is 0. The Balaban J connectivity index is 3.37. The standard InChI is InChI=1S/C8H8INO2/c1-4-6(8(11)12)2-5(10)3-7(4)9/h2-3H,10H2,1H3,(H,11,12). The van der Waals surface area contributed by atoms with Crippen LogP contribution in [-0.4, -0.2) is 11.1 Å². The Hall–Kier alpha value is -0.780. The highest BCUT2D eigenvalue weighted by Crippen LogP contribution is 2.19. The number of benzene rings is 1. The highest BCUT2D eigenvalue weighted by molar-refractivity contribution is 14.1. The minimum absolute atomic E-state index is 0.277. The molecule has 0 bridgehead atoms. The minimum atomic E-state index is -0.933. The van der Waals surface area contributed by atoms with Crippen LogP contribution < -0.4 is 5.73 Å². The number of nitrogen functional groups attached to an aromatic ring is 1. The summed E-state index contributed by atoms with van der Waals surface area (Å²) in [6.45, 7) is 1.77. The van der Waals surface area contributed by atoms with E-state index in [1.54, 1.807) is 13.0 Å². The van der Waals surface area contributed by atoms with Crippen molar-refractivity contribution < 1.29 is 9.90 Å². The number of anilines is 1. The van der Waals surface area contributed by atoms with Crippen LogP contribution in [-0.2, 0) is 0 Å². The normalized spacial score (nSPS) is 9.83. The van der Waals surface area contributed by atoms with Gasteiger partial charge in [-0.25, -0.2) is 4.79 Å². The van der Waals surface area contributed by atoms with E-state index in [1.165, 1.54) is 6.07 Å². The first kappa shape index (κ1) is 9.31. The van der Waals surface area contributed by atoms with Gasteiger partial charge in [-0.3, -0.25) is 0 Å². The molecule has 1 rings (SSSR count). The number of hydrogen-bond acceptors (Lipinski definition) is 2. The van der Waals surface area contributed by atoms with Crippen molar-refractivity contribution in [2.75, 3.05) is 5.73 Å². The fourth-order valence-corrected chi connectivity index (χ4v) is 1.57. The van der Waals surface area contributed by atoms with Crippen molar-refractivity contribution in [3.63, 3.8) is 0 Å². The molecule has 0 atom stereocenters. The molecule has 64 valence electrons. The summed E-state index contributed by atoms with van der Waals surface area (Å²) in [5.41, 5.74) is 7.02. The van der Waals surface area contributed by atoms with Crippen LogP contribution in [0, 0.1) is 10.5 Å². The average molecular weight is 277 g/mol. The van der Waals surface area contributed by atoms with Crippen LogP contribution >= 0.6 is 22.6 Å². The zero-order chi connectivity index (χ0) is 9.30. The number of nitrogens with two attached hydrogens (primary N) is 1. The maximum atomic E-state index is 10.7. The first-order valence-electron chi connectivity index (χ1n) is 3.31. The summed E-state index contributed by atoms with van der Waals surface area (Å²) in [5, 5.41) is 8.76. The van der Waals surface area contributed by atoms with Crippen LogP contribution in [0.1, 0.15) is 15.9 Å². The second kappa shape index (κ2) is 3.30. The van der Waals surface area contributed by atoms with Crippen molar-refractivity contribution >= 4 is 34.2 Å². The number of carboxylic acid groups (broad SMARTS) is 1. The Morgan fingerprint density at radius 2 is 2.17 bits per heavy atom. The van der Waals surface area contributed by atoms with Crippen LogP contribution in [0.3, 0.4) is 0 Å². The molecule has 0 aliphatic heterocycles. The smallest absolute Gasteiger partial charge is 0.336 e. The van der Waals surface area contributed by atoms with Crippen molar-refractivity contribution in [2.24, 2.45) is 0 Å². The summed E-state index contributed by atoms with van der Waals surface area (Å²) >= 11 is 2.07. The van der Waals surface area contributed by atoms with Gasteiger partial charge in [0.05, 0.1) is 5.56 Å². The molecule has 1 aromatic carbocycles. The second-order valence-electron chi connectivity index (χ2n) is 2.48. The van der Waals surface area contributed by atoms with Gasteiger partial charge in [0.25, 0.3) is 0 Å². The zero-order valence-electron chi connectivity index (χ0n) is 6.47. The third-order valence-electron chi connectivity index (χ3n) is 1.60. The Morgan fingerprint density at radius 1 is 1.58 bits per heavy atom. The topological polar surface area (TPSA) is 63.3 Å². The minimum Gasteiger partial charge on any atom is -0.478 e. The van der Waals surface area contributed by atoms with Crippen molar-refractivity contribution in [2.45, 2.75) is 6.92 Å². The quantitative estimate of drug-likeness (QED) is 0.608.